The lowest BCUT2D eigenvalue weighted by atomic mass is 10.2. The van der Waals surface area contributed by atoms with Crippen molar-refractivity contribution in [2.45, 2.75) is 26.1 Å². The Labute approximate surface area is 152 Å². The van der Waals surface area contributed by atoms with Gasteiger partial charge in [0.1, 0.15) is 6.54 Å². The highest BCUT2D eigenvalue weighted by Gasteiger charge is 2.30. The second-order valence-electron chi connectivity index (χ2n) is 6.42. The van der Waals surface area contributed by atoms with Crippen LogP contribution in [0.5, 0.6) is 0 Å². The van der Waals surface area contributed by atoms with Crippen molar-refractivity contribution >= 4 is 11.8 Å². The maximum Gasteiger partial charge on any atom is 0.244 e. The zero-order valence-electron chi connectivity index (χ0n) is 15.0. The van der Waals surface area contributed by atoms with Crippen LogP contribution in [0.3, 0.4) is 0 Å². The van der Waals surface area contributed by atoms with Crippen molar-refractivity contribution in [2.75, 3.05) is 26.7 Å². The molecule has 2 amide bonds. The number of methoxy groups -OCH3 is 1. The first-order valence-electron chi connectivity index (χ1n) is 8.52. The van der Waals surface area contributed by atoms with E-state index in [2.05, 4.69) is 10.1 Å². The molecule has 0 radical (unpaired) electrons. The summed E-state index contributed by atoms with van der Waals surface area (Å²) < 4.78 is 7.08. The van der Waals surface area contributed by atoms with Crippen molar-refractivity contribution < 1.29 is 14.3 Å². The average Bonchev–Trinajstić information content (AvgIpc) is 2.97. The topological polar surface area (TPSA) is 80.6 Å². The smallest absolute Gasteiger partial charge is 0.244 e. The van der Waals surface area contributed by atoms with E-state index >= 15 is 0 Å². The summed E-state index contributed by atoms with van der Waals surface area (Å²) in [5.41, 5.74) is 1.80. The molecule has 8 nitrogen and oxygen atoms in total. The third-order valence-electron chi connectivity index (χ3n) is 4.38. The van der Waals surface area contributed by atoms with Gasteiger partial charge >= 0.3 is 0 Å². The molecule has 3 rings (SSSR count). The Morgan fingerprint density at radius 3 is 2.85 bits per heavy atom. The van der Waals surface area contributed by atoms with E-state index < -0.39 is 0 Å². The summed E-state index contributed by atoms with van der Waals surface area (Å²) in [5.74, 6) is -0.245. The number of pyridine rings is 1. The Morgan fingerprint density at radius 1 is 1.35 bits per heavy atom. The van der Waals surface area contributed by atoms with Crippen LogP contribution in [-0.2, 0) is 27.4 Å². The Morgan fingerprint density at radius 2 is 2.19 bits per heavy atom. The van der Waals surface area contributed by atoms with Crippen LogP contribution < -0.4 is 0 Å². The summed E-state index contributed by atoms with van der Waals surface area (Å²) in [5, 5.41) is 4.23. The maximum atomic E-state index is 12.7. The molecule has 26 heavy (non-hydrogen) atoms. The highest BCUT2D eigenvalue weighted by Crippen LogP contribution is 2.12. The van der Waals surface area contributed by atoms with E-state index in [4.69, 9.17) is 4.74 Å². The van der Waals surface area contributed by atoms with Gasteiger partial charge in [0.15, 0.2) is 0 Å². The minimum absolute atomic E-state index is 0.0409. The van der Waals surface area contributed by atoms with Gasteiger partial charge in [0.05, 0.1) is 18.3 Å². The Balaban J connectivity index is 1.69. The van der Waals surface area contributed by atoms with E-state index in [1.165, 1.54) is 0 Å². The zero-order valence-corrected chi connectivity index (χ0v) is 15.0. The van der Waals surface area contributed by atoms with E-state index in [0.29, 0.717) is 19.6 Å². The molecule has 0 spiro atoms. The molecule has 0 aromatic carbocycles. The molecule has 0 bridgehead atoms. The molecular formula is C18H23N5O3. The van der Waals surface area contributed by atoms with E-state index in [-0.39, 0.29) is 31.0 Å². The fraction of sp³-hybridized carbons (Fsp3) is 0.444. The second-order valence-corrected chi connectivity index (χ2v) is 6.42. The largest absolute Gasteiger partial charge is 0.378 e. The van der Waals surface area contributed by atoms with Crippen molar-refractivity contribution in [1.29, 1.82) is 0 Å². The normalized spacial score (nSPS) is 18.1. The van der Waals surface area contributed by atoms with Crippen LogP contribution in [0, 0.1) is 6.92 Å². The van der Waals surface area contributed by atoms with Crippen molar-refractivity contribution in [3.05, 3.63) is 48.0 Å². The van der Waals surface area contributed by atoms with Crippen LogP contribution >= 0.6 is 0 Å². The van der Waals surface area contributed by atoms with Crippen molar-refractivity contribution in [3.8, 4) is 0 Å². The van der Waals surface area contributed by atoms with Gasteiger partial charge < -0.3 is 14.5 Å². The second kappa shape index (κ2) is 8.09. The molecule has 0 saturated carbocycles. The van der Waals surface area contributed by atoms with Gasteiger partial charge in [0.25, 0.3) is 0 Å². The SMILES string of the molecule is COC1CN(C(=O)Cn2ccc(C)n2)CC(=O)N(Cc2cccnc2)C1. The first kappa shape index (κ1) is 18.1. The Bertz CT molecular complexity index is 761. The van der Waals surface area contributed by atoms with Gasteiger partial charge in [-0.25, -0.2) is 0 Å². The monoisotopic (exact) mass is 357 g/mol. The molecule has 1 aliphatic heterocycles. The number of aryl methyl sites for hydroxylation is 1. The molecule has 0 aliphatic carbocycles. The molecule has 138 valence electrons. The summed E-state index contributed by atoms with van der Waals surface area (Å²) in [6.07, 6.45) is 4.96. The number of rotatable bonds is 5. The van der Waals surface area contributed by atoms with Gasteiger partial charge in [0, 0.05) is 45.3 Å². The first-order valence-corrected chi connectivity index (χ1v) is 8.52. The average molecular weight is 357 g/mol. The van der Waals surface area contributed by atoms with Gasteiger partial charge in [0.2, 0.25) is 11.8 Å². The van der Waals surface area contributed by atoms with E-state index in [0.717, 1.165) is 11.3 Å². The number of ether oxygens (including phenoxy) is 1. The molecule has 1 saturated heterocycles. The van der Waals surface area contributed by atoms with Gasteiger partial charge in [-0.3, -0.25) is 19.3 Å². The molecule has 1 fully saturated rings. The quantitative estimate of drug-likeness (QED) is 0.777. The standard InChI is InChI=1S/C18H23N5O3/c1-14-5-7-23(20-14)13-18(25)22-11-16(26-2)10-21(17(24)12-22)9-15-4-3-6-19-8-15/h3-8,16H,9-13H2,1-2H3. The fourth-order valence-corrected chi connectivity index (χ4v) is 2.97. The van der Waals surface area contributed by atoms with E-state index in [1.807, 2.05) is 25.1 Å². The van der Waals surface area contributed by atoms with Crippen molar-refractivity contribution in [3.63, 3.8) is 0 Å². The predicted molar refractivity (Wildman–Crippen MR) is 94.0 cm³/mol. The number of aromatic nitrogens is 3. The number of nitrogens with zero attached hydrogens (tertiary/aromatic N) is 5. The summed E-state index contributed by atoms with van der Waals surface area (Å²) >= 11 is 0. The highest BCUT2D eigenvalue weighted by molar-refractivity contribution is 5.85. The summed E-state index contributed by atoms with van der Waals surface area (Å²) in [6.45, 7) is 3.29. The van der Waals surface area contributed by atoms with E-state index in [9.17, 15) is 9.59 Å². The molecule has 1 aliphatic rings. The molecule has 3 heterocycles. The molecule has 2 aromatic rings. The molecule has 8 heteroatoms. The summed E-state index contributed by atoms with van der Waals surface area (Å²) in [4.78, 5) is 32.7. The molecule has 1 unspecified atom stereocenters. The van der Waals surface area contributed by atoms with Gasteiger partial charge in [-0.15, -0.1) is 0 Å². The maximum absolute atomic E-state index is 12.7. The minimum Gasteiger partial charge on any atom is -0.378 e. The number of hydrogen-bond donors (Lipinski definition) is 0. The Hall–Kier alpha value is -2.74. The van der Waals surface area contributed by atoms with Gasteiger partial charge in [-0.2, -0.15) is 5.10 Å². The van der Waals surface area contributed by atoms with E-state index in [1.54, 1.807) is 40.2 Å². The lowest BCUT2D eigenvalue weighted by Gasteiger charge is -2.23. The molecular weight excluding hydrogens is 334 g/mol. The Kier molecular flexibility index (Phi) is 5.62. The predicted octanol–water partition coefficient (Wildman–Crippen LogP) is 0.473. The molecule has 0 N–H and O–H groups in total. The zero-order chi connectivity index (χ0) is 18.5. The lowest BCUT2D eigenvalue weighted by Crippen LogP contribution is -2.41. The van der Waals surface area contributed by atoms with Crippen LogP contribution in [0.1, 0.15) is 11.3 Å². The van der Waals surface area contributed by atoms with Crippen molar-refractivity contribution in [1.82, 2.24) is 24.6 Å². The van der Waals surface area contributed by atoms with Gasteiger partial charge in [-0.1, -0.05) is 6.07 Å². The number of amides is 2. The first-order chi connectivity index (χ1) is 12.5. The van der Waals surface area contributed by atoms with Gasteiger partial charge in [-0.05, 0) is 24.6 Å². The number of carbonyl (C=O) groups excluding carboxylic acids is 2. The molecule has 1 atom stereocenters. The molecule has 2 aromatic heterocycles. The lowest BCUT2D eigenvalue weighted by molar-refractivity contribution is -0.139. The third-order valence-corrected chi connectivity index (χ3v) is 4.38. The van der Waals surface area contributed by atoms with Crippen LogP contribution in [0.4, 0.5) is 0 Å². The van der Waals surface area contributed by atoms with Crippen LogP contribution in [0.15, 0.2) is 36.8 Å². The van der Waals surface area contributed by atoms with Crippen LogP contribution in [0.25, 0.3) is 0 Å². The third kappa shape index (κ3) is 4.45. The minimum atomic E-state index is -0.235. The summed E-state index contributed by atoms with van der Waals surface area (Å²) in [6, 6.07) is 5.61. The fourth-order valence-electron chi connectivity index (χ4n) is 2.97. The summed E-state index contributed by atoms with van der Waals surface area (Å²) in [7, 11) is 1.60. The number of hydrogen-bond acceptors (Lipinski definition) is 5. The van der Waals surface area contributed by atoms with Crippen LogP contribution in [0.2, 0.25) is 0 Å². The van der Waals surface area contributed by atoms with Crippen molar-refractivity contribution in [2.24, 2.45) is 0 Å². The highest BCUT2D eigenvalue weighted by atomic mass is 16.5. The number of carbonyl (C=O) groups is 2. The van der Waals surface area contributed by atoms with Crippen LogP contribution in [-0.4, -0.2) is 69.2 Å².